The Kier molecular flexibility index (Phi) is 5.17. The van der Waals surface area contributed by atoms with Gasteiger partial charge in [-0.25, -0.2) is 9.97 Å². The molecule has 1 amide bonds. The fourth-order valence-electron chi connectivity index (χ4n) is 3.08. The quantitative estimate of drug-likeness (QED) is 0.659. The highest BCUT2D eigenvalue weighted by Gasteiger charge is 2.27. The molecule has 2 aromatic heterocycles. The zero-order valence-corrected chi connectivity index (χ0v) is 17.2. The Hall–Kier alpha value is -2.67. The van der Waals surface area contributed by atoms with Gasteiger partial charge in [0.2, 0.25) is 0 Å². The molecule has 1 aliphatic carbocycles. The molecule has 1 aliphatic rings. The summed E-state index contributed by atoms with van der Waals surface area (Å²) in [6.45, 7) is 5.26. The second kappa shape index (κ2) is 7.75. The monoisotopic (exact) mass is 396 g/mol. The van der Waals surface area contributed by atoms with Crippen molar-refractivity contribution in [3.05, 3.63) is 46.6 Å². The molecule has 1 N–H and O–H groups in total. The molecule has 0 unspecified atom stereocenters. The maximum Gasteiger partial charge on any atom is 0.261 e. The van der Waals surface area contributed by atoms with Gasteiger partial charge in [-0.1, -0.05) is 17.7 Å². The topological polar surface area (TPSA) is 67.3 Å². The van der Waals surface area contributed by atoms with Crippen LogP contribution in [0.1, 0.15) is 33.6 Å². The average molecular weight is 397 g/mol. The van der Waals surface area contributed by atoms with Crippen LogP contribution in [0, 0.1) is 13.8 Å². The number of ether oxygens (including phenoxy) is 1. The molecule has 0 radical (unpaired) electrons. The number of hydrogen-bond donors (Lipinski definition) is 1. The van der Waals surface area contributed by atoms with E-state index in [-0.39, 0.29) is 5.91 Å². The van der Waals surface area contributed by atoms with Gasteiger partial charge in [0.15, 0.2) is 0 Å². The highest BCUT2D eigenvalue weighted by molar-refractivity contribution is 7.20. The number of benzene rings is 1. The summed E-state index contributed by atoms with van der Waals surface area (Å²) in [4.78, 5) is 25.0. The summed E-state index contributed by atoms with van der Waals surface area (Å²) in [5.41, 5.74) is 2.15. The molecule has 2 heterocycles. The molecule has 6 nitrogen and oxygen atoms in total. The van der Waals surface area contributed by atoms with Crippen molar-refractivity contribution in [3.63, 3.8) is 0 Å². The zero-order valence-electron chi connectivity index (χ0n) is 16.4. The van der Waals surface area contributed by atoms with Gasteiger partial charge in [-0.3, -0.25) is 4.79 Å². The molecule has 7 heteroatoms. The number of anilines is 1. The van der Waals surface area contributed by atoms with Crippen molar-refractivity contribution in [3.8, 4) is 5.75 Å². The maximum absolute atomic E-state index is 12.5. The van der Waals surface area contributed by atoms with E-state index in [0.29, 0.717) is 19.2 Å². The summed E-state index contributed by atoms with van der Waals surface area (Å²) in [6.07, 6.45) is 3.71. The average Bonchev–Trinajstić information content (AvgIpc) is 3.44. The van der Waals surface area contributed by atoms with Crippen LogP contribution in [0.25, 0.3) is 10.2 Å². The second-order valence-electron chi connectivity index (χ2n) is 7.26. The number of nitrogens with zero attached hydrogens (tertiary/aromatic N) is 3. The van der Waals surface area contributed by atoms with Gasteiger partial charge in [0, 0.05) is 13.1 Å². The minimum absolute atomic E-state index is 0.000641. The number of thiophene rings is 1. The third-order valence-corrected chi connectivity index (χ3v) is 6.10. The van der Waals surface area contributed by atoms with Gasteiger partial charge in [-0.15, -0.1) is 11.3 Å². The number of fused-ring (bicyclic) bond motifs is 1. The second-order valence-corrected chi connectivity index (χ2v) is 8.26. The highest BCUT2D eigenvalue weighted by Crippen LogP contribution is 2.35. The summed E-state index contributed by atoms with van der Waals surface area (Å²) in [6, 6.07) is 8.37. The Morgan fingerprint density at radius 3 is 2.71 bits per heavy atom. The fraction of sp³-hybridized carbons (Fsp3) is 0.381. The van der Waals surface area contributed by atoms with E-state index in [0.717, 1.165) is 45.1 Å². The van der Waals surface area contributed by atoms with E-state index in [2.05, 4.69) is 27.1 Å². The first-order valence-electron chi connectivity index (χ1n) is 9.48. The summed E-state index contributed by atoms with van der Waals surface area (Å²) in [5.74, 6) is 1.69. The number of rotatable bonds is 7. The standard InChI is InChI=1S/C21H24N4O2S/c1-13-4-8-16(9-5-13)27-11-10-25(3)19-17-14(2)18(20(26)24-15-6-7-15)28-21(17)23-12-22-19/h4-5,8-9,12,15H,6-7,10-11H2,1-3H3,(H,24,26). The van der Waals surface area contributed by atoms with Crippen LogP contribution >= 0.6 is 11.3 Å². The summed E-state index contributed by atoms with van der Waals surface area (Å²) >= 11 is 1.43. The number of carbonyl (C=O) groups is 1. The lowest BCUT2D eigenvalue weighted by Gasteiger charge is -2.19. The fourth-order valence-corrected chi connectivity index (χ4v) is 4.12. The first-order valence-corrected chi connectivity index (χ1v) is 10.3. The molecule has 146 valence electrons. The van der Waals surface area contributed by atoms with E-state index in [1.165, 1.54) is 16.9 Å². The van der Waals surface area contributed by atoms with Crippen LogP contribution in [0.2, 0.25) is 0 Å². The molecule has 0 aliphatic heterocycles. The first-order chi connectivity index (χ1) is 13.5. The molecule has 0 spiro atoms. The van der Waals surface area contributed by atoms with Gasteiger partial charge >= 0.3 is 0 Å². The van der Waals surface area contributed by atoms with E-state index >= 15 is 0 Å². The lowest BCUT2D eigenvalue weighted by molar-refractivity contribution is 0.0954. The number of carbonyl (C=O) groups excluding carboxylic acids is 1. The van der Waals surface area contributed by atoms with Crippen LogP contribution in [0.4, 0.5) is 5.82 Å². The number of aromatic nitrogens is 2. The largest absolute Gasteiger partial charge is 0.492 e. The van der Waals surface area contributed by atoms with E-state index < -0.39 is 0 Å². The minimum Gasteiger partial charge on any atom is -0.492 e. The SMILES string of the molecule is Cc1ccc(OCCN(C)c2ncnc3sc(C(=O)NC4CC4)c(C)c23)cc1. The normalized spacial score (nSPS) is 13.5. The van der Waals surface area contributed by atoms with Gasteiger partial charge in [-0.05, 0) is 44.4 Å². The van der Waals surface area contributed by atoms with Crippen LogP contribution in [-0.4, -0.2) is 42.1 Å². The number of hydrogen-bond acceptors (Lipinski definition) is 6. The van der Waals surface area contributed by atoms with Crippen LogP contribution in [0.5, 0.6) is 5.75 Å². The Morgan fingerprint density at radius 1 is 1.25 bits per heavy atom. The maximum atomic E-state index is 12.5. The van der Waals surface area contributed by atoms with Crippen molar-refractivity contribution in [1.82, 2.24) is 15.3 Å². The van der Waals surface area contributed by atoms with Crippen LogP contribution in [0.15, 0.2) is 30.6 Å². The lowest BCUT2D eigenvalue weighted by Crippen LogP contribution is -2.25. The van der Waals surface area contributed by atoms with Crippen molar-refractivity contribution in [1.29, 1.82) is 0 Å². The predicted molar refractivity (Wildman–Crippen MR) is 113 cm³/mol. The first kappa shape index (κ1) is 18.7. The summed E-state index contributed by atoms with van der Waals surface area (Å²) < 4.78 is 5.84. The van der Waals surface area contributed by atoms with Gasteiger partial charge in [0.05, 0.1) is 16.8 Å². The minimum atomic E-state index is -0.000641. The summed E-state index contributed by atoms with van der Waals surface area (Å²) in [5, 5.41) is 4.02. The van der Waals surface area contributed by atoms with E-state index in [1.54, 1.807) is 6.33 Å². The number of aryl methyl sites for hydroxylation is 2. The Bertz CT molecular complexity index is 996. The molecule has 3 aromatic rings. The van der Waals surface area contributed by atoms with Crippen molar-refractivity contribution in [2.75, 3.05) is 25.1 Å². The number of nitrogens with one attached hydrogen (secondary N) is 1. The third-order valence-electron chi connectivity index (χ3n) is 4.90. The van der Waals surface area contributed by atoms with Gasteiger partial charge in [0.25, 0.3) is 5.91 Å². The van der Waals surface area contributed by atoms with Gasteiger partial charge < -0.3 is 15.0 Å². The molecule has 1 fully saturated rings. The molecule has 0 bridgehead atoms. The highest BCUT2D eigenvalue weighted by atomic mass is 32.1. The Morgan fingerprint density at radius 2 is 2.00 bits per heavy atom. The van der Waals surface area contributed by atoms with E-state index in [1.807, 2.05) is 38.2 Å². The Labute approximate surface area is 168 Å². The molecule has 28 heavy (non-hydrogen) atoms. The zero-order chi connectivity index (χ0) is 19.7. The summed E-state index contributed by atoms with van der Waals surface area (Å²) in [7, 11) is 1.99. The molecule has 0 atom stereocenters. The molecule has 1 aromatic carbocycles. The number of amides is 1. The number of likely N-dealkylation sites (N-methyl/N-ethyl adjacent to an activating group) is 1. The molecule has 0 saturated heterocycles. The van der Waals surface area contributed by atoms with Crippen molar-refractivity contribution >= 4 is 33.3 Å². The van der Waals surface area contributed by atoms with Crippen LogP contribution in [0.3, 0.4) is 0 Å². The van der Waals surface area contributed by atoms with Crippen molar-refractivity contribution < 1.29 is 9.53 Å². The van der Waals surface area contributed by atoms with Gasteiger partial charge in [-0.2, -0.15) is 0 Å². The van der Waals surface area contributed by atoms with Crippen molar-refractivity contribution in [2.45, 2.75) is 32.7 Å². The van der Waals surface area contributed by atoms with E-state index in [9.17, 15) is 4.79 Å². The molecular weight excluding hydrogens is 372 g/mol. The molecular formula is C21H24N4O2S. The van der Waals surface area contributed by atoms with Gasteiger partial charge in [0.1, 0.15) is 29.3 Å². The van der Waals surface area contributed by atoms with Crippen LogP contribution in [-0.2, 0) is 0 Å². The lowest BCUT2D eigenvalue weighted by atomic mass is 10.2. The Balaban J connectivity index is 1.49. The van der Waals surface area contributed by atoms with E-state index in [4.69, 9.17) is 4.74 Å². The molecule has 1 saturated carbocycles. The van der Waals surface area contributed by atoms with Crippen LogP contribution < -0.4 is 15.0 Å². The third kappa shape index (κ3) is 3.94. The van der Waals surface area contributed by atoms with Crippen molar-refractivity contribution in [2.24, 2.45) is 0 Å². The predicted octanol–water partition coefficient (Wildman–Crippen LogP) is 3.72. The smallest absolute Gasteiger partial charge is 0.261 e. The molecule has 4 rings (SSSR count).